The molecule has 2 aromatic rings. The molecule has 1 aromatic carbocycles. The molecule has 0 aliphatic carbocycles. The van der Waals surface area contributed by atoms with E-state index in [2.05, 4.69) is 10.1 Å². The molecule has 20 heavy (non-hydrogen) atoms. The number of rotatable bonds is 2. The second kappa shape index (κ2) is 4.65. The predicted octanol–water partition coefficient (Wildman–Crippen LogP) is 1.86. The fraction of sp³-hybridized carbons (Fsp3) is 0.0909. The maximum Gasteiger partial charge on any atom is 0.416 e. The van der Waals surface area contributed by atoms with Gasteiger partial charge < -0.3 is 5.11 Å². The fourth-order valence-electron chi connectivity index (χ4n) is 1.51. The van der Waals surface area contributed by atoms with Crippen LogP contribution in [-0.2, 0) is 6.18 Å². The SMILES string of the molecule is N#Cc1ncn(-c2ccc(C(F)(F)F)cc2C(=O)O)n1. The lowest BCUT2D eigenvalue weighted by molar-refractivity contribution is -0.137. The van der Waals surface area contributed by atoms with Crippen LogP contribution in [0.1, 0.15) is 21.7 Å². The highest BCUT2D eigenvalue weighted by molar-refractivity contribution is 5.92. The summed E-state index contributed by atoms with van der Waals surface area (Å²) in [4.78, 5) is 14.6. The molecule has 0 fully saturated rings. The first-order chi connectivity index (χ1) is 9.32. The molecule has 2 rings (SSSR count). The van der Waals surface area contributed by atoms with Crippen molar-refractivity contribution in [2.24, 2.45) is 0 Å². The van der Waals surface area contributed by atoms with E-state index in [0.29, 0.717) is 6.07 Å². The van der Waals surface area contributed by atoms with Gasteiger partial charge in [-0.2, -0.15) is 18.4 Å². The predicted molar refractivity (Wildman–Crippen MR) is 58.0 cm³/mol. The largest absolute Gasteiger partial charge is 0.478 e. The number of carboxylic acid groups (broad SMARTS) is 1. The lowest BCUT2D eigenvalue weighted by Crippen LogP contribution is -2.11. The smallest absolute Gasteiger partial charge is 0.416 e. The van der Waals surface area contributed by atoms with E-state index in [1.54, 1.807) is 6.07 Å². The van der Waals surface area contributed by atoms with E-state index in [1.165, 1.54) is 0 Å². The molecular weight excluding hydrogens is 277 g/mol. The molecule has 1 heterocycles. The van der Waals surface area contributed by atoms with Crippen molar-refractivity contribution in [3.63, 3.8) is 0 Å². The zero-order valence-electron chi connectivity index (χ0n) is 9.59. The first-order valence-electron chi connectivity index (χ1n) is 5.09. The molecule has 1 aromatic heterocycles. The zero-order chi connectivity index (χ0) is 14.9. The quantitative estimate of drug-likeness (QED) is 0.907. The highest BCUT2D eigenvalue weighted by Crippen LogP contribution is 2.31. The van der Waals surface area contributed by atoms with Crippen LogP contribution in [0.5, 0.6) is 0 Å². The van der Waals surface area contributed by atoms with Gasteiger partial charge in [-0.1, -0.05) is 0 Å². The van der Waals surface area contributed by atoms with Gasteiger partial charge in [0.05, 0.1) is 16.8 Å². The van der Waals surface area contributed by atoms with E-state index < -0.39 is 23.3 Å². The van der Waals surface area contributed by atoms with Gasteiger partial charge in [0.15, 0.2) is 0 Å². The van der Waals surface area contributed by atoms with Crippen LogP contribution in [-0.4, -0.2) is 25.8 Å². The summed E-state index contributed by atoms with van der Waals surface area (Å²) in [5, 5.41) is 21.2. The van der Waals surface area contributed by atoms with Gasteiger partial charge in [0.25, 0.3) is 5.82 Å². The van der Waals surface area contributed by atoms with Crippen molar-refractivity contribution < 1.29 is 23.1 Å². The van der Waals surface area contributed by atoms with Gasteiger partial charge in [-0.15, -0.1) is 5.10 Å². The van der Waals surface area contributed by atoms with Gasteiger partial charge in [0.1, 0.15) is 12.4 Å². The van der Waals surface area contributed by atoms with Crippen LogP contribution >= 0.6 is 0 Å². The van der Waals surface area contributed by atoms with Gasteiger partial charge >= 0.3 is 12.1 Å². The molecule has 0 spiro atoms. The normalized spacial score (nSPS) is 11.1. The topological polar surface area (TPSA) is 91.8 Å². The summed E-state index contributed by atoms with van der Waals surface area (Å²) < 4.78 is 38.6. The van der Waals surface area contributed by atoms with Crippen LogP contribution in [0.15, 0.2) is 24.5 Å². The maximum atomic E-state index is 12.6. The molecule has 6 nitrogen and oxygen atoms in total. The summed E-state index contributed by atoms with van der Waals surface area (Å²) in [6.45, 7) is 0. The Labute approximate surface area is 109 Å². The van der Waals surface area contributed by atoms with Crippen molar-refractivity contribution in [2.75, 3.05) is 0 Å². The standard InChI is InChI=1S/C11H5F3N4O2/c12-11(13,14)6-1-2-8(7(3-6)10(19)20)18-5-16-9(4-15)17-18/h1-3,5H,(H,19,20). The summed E-state index contributed by atoms with van der Waals surface area (Å²) in [5.74, 6) is -1.76. The highest BCUT2D eigenvalue weighted by atomic mass is 19.4. The summed E-state index contributed by atoms with van der Waals surface area (Å²) in [7, 11) is 0. The minimum absolute atomic E-state index is 0.112. The third-order valence-electron chi connectivity index (χ3n) is 2.39. The van der Waals surface area contributed by atoms with Crippen molar-refractivity contribution in [1.82, 2.24) is 14.8 Å². The average Bonchev–Trinajstić information content (AvgIpc) is 2.85. The molecular formula is C11H5F3N4O2. The molecule has 102 valence electrons. The monoisotopic (exact) mass is 282 g/mol. The Hall–Kier alpha value is -2.89. The Morgan fingerprint density at radius 2 is 2.10 bits per heavy atom. The van der Waals surface area contributed by atoms with E-state index in [-0.39, 0.29) is 11.5 Å². The van der Waals surface area contributed by atoms with E-state index in [4.69, 9.17) is 10.4 Å². The molecule has 0 aliphatic heterocycles. The molecule has 0 radical (unpaired) electrons. The highest BCUT2D eigenvalue weighted by Gasteiger charge is 2.32. The first kappa shape index (κ1) is 13.5. The van der Waals surface area contributed by atoms with Gasteiger partial charge in [-0.05, 0) is 18.2 Å². The third kappa shape index (κ3) is 2.44. The van der Waals surface area contributed by atoms with E-state index in [1.807, 2.05) is 0 Å². The van der Waals surface area contributed by atoms with Gasteiger partial charge in [-0.3, -0.25) is 0 Å². The number of nitriles is 1. The minimum atomic E-state index is -4.65. The van der Waals surface area contributed by atoms with Crippen molar-refractivity contribution in [1.29, 1.82) is 5.26 Å². The summed E-state index contributed by atoms with van der Waals surface area (Å²) >= 11 is 0. The van der Waals surface area contributed by atoms with Crippen molar-refractivity contribution >= 4 is 5.97 Å². The molecule has 0 saturated heterocycles. The molecule has 0 saturated carbocycles. The Morgan fingerprint density at radius 3 is 2.60 bits per heavy atom. The Balaban J connectivity index is 2.59. The number of hydrogen-bond donors (Lipinski definition) is 1. The second-order valence-corrected chi connectivity index (χ2v) is 3.66. The first-order valence-corrected chi connectivity index (χ1v) is 5.09. The van der Waals surface area contributed by atoms with Crippen LogP contribution in [0.2, 0.25) is 0 Å². The third-order valence-corrected chi connectivity index (χ3v) is 2.39. The maximum absolute atomic E-state index is 12.6. The number of carboxylic acids is 1. The van der Waals surface area contributed by atoms with E-state index in [9.17, 15) is 18.0 Å². The fourth-order valence-corrected chi connectivity index (χ4v) is 1.51. The lowest BCUT2D eigenvalue weighted by atomic mass is 10.1. The van der Waals surface area contributed by atoms with Crippen LogP contribution in [0.25, 0.3) is 5.69 Å². The van der Waals surface area contributed by atoms with Crippen LogP contribution in [0.4, 0.5) is 13.2 Å². The molecule has 9 heteroatoms. The van der Waals surface area contributed by atoms with Crippen LogP contribution in [0.3, 0.4) is 0 Å². The molecule has 0 amide bonds. The van der Waals surface area contributed by atoms with Gasteiger partial charge in [0.2, 0.25) is 0 Å². The molecule has 0 atom stereocenters. The van der Waals surface area contributed by atoms with E-state index in [0.717, 1.165) is 23.1 Å². The Kier molecular flexibility index (Phi) is 3.15. The van der Waals surface area contributed by atoms with Crippen LogP contribution < -0.4 is 0 Å². The average molecular weight is 282 g/mol. The number of alkyl halides is 3. The molecule has 0 unspecified atom stereocenters. The Morgan fingerprint density at radius 1 is 1.40 bits per heavy atom. The van der Waals surface area contributed by atoms with Crippen molar-refractivity contribution in [2.45, 2.75) is 6.18 Å². The number of aromatic nitrogens is 3. The summed E-state index contributed by atoms with van der Waals surface area (Å²) in [6.07, 6.45) is -3.60. The number of benzene rings is 1. The summed E-state index contributed by atoms with van der Waals surface area (Å²) in [6, 6.07) is 3.83. The Bertz CT molecular complexity index is 715. The van der Waals surface area contributed by atoms with Crippen molar-refractivity contribution in [3.05, 3.63) is 41.5 Å². The van der Waals surface area contributed by atoms with E-state index >= 15 is 0 Å². The van der Waals surface area contributed by atoms with Crippen LogP contribution in [0, 0.1) is 11.3 Å². The molecule has 0 bridgehead atoms. The van der Waals surface area contributed by atoms with Crippen molar-refractivity contribution in [3.8, 4) is 11.8 Å². The number of hydrogen-bond acceptors (Lipinski definition) is 4. The molecule has 0 aliphatic rings. The van der Waals surface area contributed by atoms with Gasteiger partial charge in [0, 0.05) is 0 Å². The molecule has 1 N–H and O–H groups in total. The minimum Gasteiger partial charge on any atom is -0.478 e. The second-order valence-electron chi connectivity index (χ2n) is 3.66. The number of nitrogens with zero attached hydrogens (tertiary/aromatic N) is 4. The lowest BCUT2D eigenvalue weighted by Gasteiger charge is -2.10. The van der Waals surface area contributed by atoms with Gasteiger partial charge in [-0.25, -0.2) is 14.5 Å². The summed E-state index contributed by atoms with van der Waals surface area (Å²) in [5.41, 5.74) is -1.78. The number of carbonyl (C=O) groups is 1. The zero-order valence-corrected chi connectivity index (χ0v) is 9.59. The number of aromatic carboxylic acids is 1. The number of halogens is 3.